The summed E-state index contributed by atoms with van der Waals surface area (Å²) >= 11 is 6.22. The van der Waals surface area contributed by atoms with Crippen molar-refractivity contribution in [2.45, 2.75) is 19.1 Å². The van der Waals surface area contributed by atoms with Crippen LogP contribution in [0.5, 0.6) is 0 Å². The molecule has 1 atom stereocenters. The lowest BCUT2D eigenvalue weighted by molar-refractivity contribution is -0.141. The highest BCUT2D eigenvalue weighted by atomic mass is 35.5. The zero-order chi connectivity index (χ0) is 38.9. The number of amides is 3. The molecule has 0 saturated carbocycles. The predicted octanol–water partition coefficient (Wildman–Crippen LogP) is 7.37. The Hall–Kier alpha value is -6.87. The van der Waals surface area contributed by atoms with Crippen LogP contribution >= 0.6 is 11.6 Å². The summed E-state index contributed by atoms with van der Waals surface area (Å²) in [6, 6.07) is 39.5. The number of hydrogen-bond acceptors (Lipinski definition) is 7. The molecular weight excluding hydrogens is 728 g/mol. The van der Waals surface area contributed by atoms with Gasteiger partial charge in [0.2, 0.25) is 5.91 Å². The average Bonchev–Trinajstić information content (AvgIpc) is 3.68. The molecular formula is C44H33ClN6O5. The molecule has 2 aliphatic heterocycles. The molecule has 1 aromatic heterocycles. The molecule has 3 heterocycles. The first-order chi connectivity index (χ1) is 27.2. The molecule has 276 valence electrons. The SMILES string of the molecule is N#Cc1ccc(CN2C(=O)CN(Cc3cc4cc(Cl)ccc4n3C(=O)O)C[C@@H]2CN2C(=O)c3ccccc3C2=O)cc1N=C(c1ccccc1)c1ccccc1. The minimum Gasteiger partial charge on any atom is -0.464 e. The number of nitriles is 1. The summed E-state index contributed by atoms with van der Waals surface area (Å²) in [6.45, 7) is 0.310. The molecule has 8 rings (SSSR count). The molecule has 1 saturated heterocycles. The second-order valence-corrected chi connectivity index (χ2v) is 14.2. The molecule has 56 heavy (non-hydrogen) atoms. The van der Waals surface area contributed by atoms with E-state index >= 15 is 0 Å². The molecule has 3 amide bonds. The summed E-state index contributed by atoms with van der Waals surface area (Å²) in [5.41, 5.74) is 5.39. The molecule has 12 heteroatoms. The van der Waals surface area contributed by atoms with E-state index in [2.05, 4.69) is 6.07 Å². The molecule has 0 radical (unpaired) electrons. The first kappa shape index (κ1) is 36.1. The van der Waals surface area contributed by atoms with Crippen molar-refractivity contribution in [3.8, 4) is 6.07 Å². The van der Waals surface area contributed by atoms with Crippen LogP contribution in [-0.2, 0) is 17.9 Å². The molecule has 6 aromatic rings. The fourth-order valence-corrected chi connectivity index (χ4v) is 7.72. The number of rotatable bonds is 9. The van der Waals surface area contributed by atoms with Gasteiger partial charge in [-0.05, 0) is 54.1 Å². The van der Waals surface area contributed by atoms with Gasteiger partial charge in [-0.1, -0.05) is 90.5 Å². The first-order valence-corrected chi connectivity index (χ1v) is 18.3. The van der Waals surface area contributed by atoms with Crippen molar-refractivity contribution in [3.63, 3.8) is 0 Å². The van der Waals surface area contributed by atoms with Gasteiger partial charge in [0.25, 0.3) is 11.8 Å². The number of aliphatic imine (C=N–C) groups is 1. The van der Waals surface area contributed by atoms with E-state index in [1.165, 1.54) is 9.47 Å². The maximum atomic E-state index is 14.2. The molecule has 0 bridgehead atoms. The van der Waals surface area contributed by atoms with Crippen LogP contribution in [0.2, 0.25) is 5.02 Å². The number of hydrogen-bond donors (Lipinski definition) is 1. The number of piperazine rings is 1. The van der Waals surface area contributed by atoms with Gasteiger partial charge in [0.1, 0.15) is 6.07 Å². The fraction of sp³-hybridized carbons (Fsp3) is 0.136. The van der Waals surface area contributed by atoms with Gasteiger partial charge >= 0.3 is 6.09 Å². The standard InChI is InChI=1S/C44H33ClN6O5/c45-33-17-18-39-32(20-33)21-34(51(39)44(55)56)24-48-25-35(26-50-42(53)36-13-7-8-14-37(36)43(50)54)49(40(52)27-48)23-28-15-16-31(22-46)38(19-28)47-41(29-9-3-1-4-10-29)30-11-5-2-6-12-30/h1-21,35H,23-27H2,(H,55,56)/t35-/m1/s1. The van der Waals surface area contributed by atoms with Crippen LogP contribution in [0, 0.1) is 11.3 Å². The average molecular weight is 761 g/mol. The van der Waals surface area contributed by atoms with E-state index in [0.717, 1.165) is 11.1 Å². The molecule has 11 nitrogen and oxygen atoms in total. The third-order valence-electron chi connectivity index (χ3n) is 10.1. The van der Waals surface area contributed by atoms with Crippen LogP contribution in [0.25, 0.3) is 10.9 Å². The maximum absolute atomic E-state index is 14.2. The Morgan fingerprint density at radius 3 is 2.07 bits per heavy atom. The molecule has 2 aliphatic rings. The van der Waals surface area contributed by atoms with Crippen molar-refractivity contribution in [3.05, 3.63) is 171 Å². The highest BCUT2D eigenvalue weighted by molar-refractivity contribution is 6.31. The Morgan fingerprint density at radius 2 is 1.45 bits per heavy atom. The second kappa shape index (κ2) is 15.1. The highest BCUT2D eigenvalue weighted by Gasteiger charge is 2.41. The normalized spacial score (nSPS) is 15.6. The molecule has 1 N–H and O–H groups in total. The number of benzene rings is 5. The Labute approximate surface area is 326 Å². The smallest absolute Gasteiger partial charge is 0.416 e. The first-order valence-electron chi connectivity index (χ1n) is 17.9. The zero-order valence-corrected chi connectivity index (χ0v) is 30.6. The van der Waals surface area contributed by atoms with Crippen molar-refractivity contribution in [1.82, 2.24) is 19.3 Å². The van der Waals surface area contributed by atoms with Crippen molar-refractivity contribution in [2.24, 2.45) is 4.99 Å². The predicted molar refractivity (Wildman–Crippen MR) is 211 cm³/mol. The molecule has 5 aromatic carbocycles. The number of fused-ring (bicyclic) bond motifs is 2. The van der Waals surface area contributed by atoms with E-state index in [-0.39, 0.29) is 38.6 Å². The van der Waals surface area contributed by atoms with Crippen LogP contribution in [0.4, 0.5) is 10.5 Å². The number of carbonyl (C=O) groups excluding carboxylic acids is 3. The van der Waals surface area contributed by atoms with Gasteiger partial charge in [-0.15, -0.1) is 0 Å². The summed E-state index contributed by atoms with van der Waals surface area (Å²) in [5, 5.41) is 21.4. The minimum atomic E-state index is -1.17. The van der Waals surface area contributed by atoms with Gasteiger partial charge < -0.3 is 10.0 Å². The van der Waals surface area contributed by atoms with E-state index in [1.54, 1.807) is 71.6 Å². The lowest BCUT2D eigenvalue weighted by atomic mass is 10.0. The highest BCUT2D eigenvalue weighted by Crippen LogP contribution is 2.30. The Kier molecular flexibility index (Phi) is 9.74. The monoisotopic (exact) mass is 760 g/mol. The number of halogens is 1. The number of carboxylic acid groups (broad SMARTS) is 1. The quantitative estimate of drug-likeness (QED) is 0.120. The topological polar surface area (TPSA) is 139 Å². The van der Waals surface area contributed by atoms with Gasteiger partial charge in [0.05, 0.1) is 52.7 Å². The van der Waals surface area contributed by atoms with Crippen molar-refractivity contribution < 1.29 is 24.3 Å². The van der Waals surface area contributed by atoms with Crippen LogP contribution in [-0.4, -0.2) is 79.6 Å². The fourth-order valence-electron chi connectivity index (χ4n) is 7.54. The van der Waals surface area contributed by atoms with Crippen molar-refractivity contribution in [1.29, 1.82) is 5.26 Å². The van der Waals surface area contributed by atoms with Gasteiger partial charge in [-0.2, -0.15) is 5.26 Å². The van der Waals surface area contributed by atoms with E-state index in [1.807, 2.05) is 65.6 Å². The minimum absolute atomic E-state index is 0.0476. The van der Waals surface area contributed by atoms with Gasteiger partial charge in [-0.3, -0.25) is 24.2 Å². The molecule has 1 fully saturated rings. The lowest BCUT2D eigenvalue weighted by Gasteiger charge is -2.42. The van der Waals surface area contributed by atoms with E-state index in [4.69, 9.17) is 16.6 Å². The van der Waals surface area contributed by atoms with E-state index in [0.29, 0.717) is 55.3 Å². The summed E-state index contributed by atoms with van der Waals surface area (Å²) in [5.74, 6) is -1.16. The summed E-state index contributed by atoms with van der Waals surface area (Å²) < 4.78 is 1.18. The number of carbonyl (C=O) groups is 4. The summed E-state index contributed by atoms with van der Waals surface area (Å²) in [6.07, 6.45) is -1.17. The number of nitrogens with zero attached hydrogens (tertiary/aromatic N) is 6. The number of imide groups is 1. The van der Waals surface area contributed by atoms with E-state index in [9.17, 15) is 29.5 Å². The Morgan fingerprint density at radius 1 is 0.804 bits per heavy atom. The largest absolute Gasteiger partial charge is 0.464 e. The Balaban J connectivity index is 1.14. The van der Waals surface area contributed by atoms with Crippen molar-refractivity contribution >= 4 is 57.7 Å². The summed E-state index contributed by atoms with van der Waals surface area (Å²) in [7, 11) is 0. The third-order valence-corrected chi connectivity index (χ3v) is 10.4. The van der Waals surface area contributed by atoms with Gasteiger partial charge in [0.15, 0.2) is 0 Å². The van der Waals surface area contributed by atoms with Crippen LogP contribution in [0.1, 0.15) is 48.7 Å². The van der Waals surface area contributed by atoms with Crippen LogP contribution in [0.15, 0.2) is 132 Å². The van der Waals surface area contributed by atoms with Crippen LogP contribution in [0.3, 0.4) is 0 Å². The molecule has 0 unspecified atom stereocenters. The Bertz CT molecular complexity index is 2540. The lowest BCUT2D eigenvalue weighted by Crippen LogP contribution is -2.59. The van der Waals surface area contributed by atoms with Gasteiger partial charge in [-0.25, -0.2) is 14.4 Å². The van der Waals surface area contributed by atoms with E-state index < -0.39 is 23.9 Å². The summed E-state index contributed by atoms with van der Waals surface area (Å²) in [4.78, 5) is 63.5. The second-order valence-electron chi connectivity index (χ2n) is 13.7. The maximum Gasteiger partial charge on any atom is 0.416 e. The molecule has 0 spiro atoms. The molecule has 0 aliphatic carbocycles. The zero-order valence-electron chi connectivity index (χ0n) is 29.9. The van der Waals surface area contributed by atoms with Crippen molar-refractivity contribution in [2.75, 3.05) is 19.6 Å². The van der Waals surface area contributed by atoms with Gasteiger partial charge in [0, 0.05) is 46.9 Å². The van der Waals surface area contributed by atoms with Crippen LogP contribution < -0.4 is 0 Å². The number of aromatic nitrogens is 1. The third kappa shape index (κ3) is 6.95.